The van der Waals surface area contributed by atoms with E-state index < -0.39 is 0 Å². The van der Waals surface area contributed by atoms with Crippen LogP contribution in [0.5, 0.6) is 0 Å². The summed E-state index contributed by atoms with van der Waals surface area (Å²) in [7, 11) is 0. The van der Waals surface area contributed by atoms with Crippen molar-refractivity contribution in [2.24, 2.45) is 0 Å². The molecule has 1 fully saturated rings. The van der Waals surface area contributed by atoms with Crippen molar-refractivity contribution in [2.75, 3.05) is 13.2 Å². The maximum atomic E-state index is 9.12. The molecule has 0 atom stereocenters. The van der Waals surface area contributed by atoms with E-state index in [4.69, 9.17) is 9.53 Å². The second-order valence-corrected chi connectivity index (χ2v) is 3.26. The highest BCUT2D eigenvalue weighted by atomic mass is 16.5. The normalized spacial score (nSPS) is 22.6. The topological polar surface area (TPSA) is 30.6 Å². The van der Waals surface area contributed by atoms with Gasteiger partial charge >= 0.3 is 5.78 Å². The first-order valence-electron chi connectivity index (χ1n) is 4.58. The number of hydrogen-bond acceptors (Lipinski definition) is 1. The quantitative estimate of drug-likeness (QED) is 0.519. The molecule has 13 heavy (non-hydrogen) atoms. The molecule has 1 aliphatic carbocycles. The lowest BCUT2D eigenvalue weighted by Gasteiger charge is -2.17. The summed E-state index contributed by atoms with van der Waals surface area (Å²) < 4.78 is 5.27. The summed E-state index contributed by atoms with van der Waals surface area (Å²) in [4.78, 5) is 9.12. The Hall–Kier alpha value is -1.15. The third-order valence-corrected chi connectivity index (χ3v) is 2.37. The van der Waals surface area contributed by atoms with Crippen LogP contribution in [-0.4, -0.2) is 23.8 Å². The molecule has 1 N–H and O–H groups in total. The minimum absolute atomic E-state index is 0.330. The molecular weight excluding hydrogens is 164 g/mol. The van der Waals surface area contributed by atoms with Crippen LogP contribution in [0.2, 0.25) is 0 Å². The van der Waals surface area contributed by atoms with Crippen molar-refractivity contribution >= 4 is 5.78 Å². The fourth-order valence-corrected chi connectivity index (χ4v) is 1.60. The highest BCUT2D eigenvalue weighted by Gasteiger charge is 2.11. The minimum Gasteiger partial charge on any atom is -0.381 e. The Morgan fingerprint density at radius 2 is 1.62 bits per heavy atom. The Kier molecular flexibility index (Phi) is 2.41. The van der Waals surface area contributed by atoms with Gasteiger partial charge in [-0.1, -0.05) is 5.57 Å². The summed E-state index contributed by atoms with van der Waals surface area (Å²) in [5.41, 5.74) is 2.67. The predicted molar refractivity (Wildman–Crippen MR) is 52.3 cm³/mol. The number of ether oxygens (including phenoxy) is 1. The number of allylic oxidation sites excluding steroid dienone is 5. The van der Waals surface area contributed by atoms with E-state index in [0.717, 1.165) is 26.1 Å². The van der Waals surface area contributed by atoms with Crippen molar-refractivity contribution in [3.8, 4) is 0 Å². The minimum atomic E-state index is 0.330. The molecule has 0 spiro atoms. The average molecular weight is 177 g/mol. The first-order chi connectivity index (χ1) is 6.36. The molecule has 1 aliphatic heterocycles. The molecule has 68 valence electrons. The van der Waals surface area contributed by atoms with Gasteiger partial charge < -0.3 is 4.74 Å². The second-order valence-electron chi connectivity index (χ2n) is 3.26. The van der Waals surface area contributed by atoms with E-state index in [1.807, 2.05) is 12.2 Å². The number of hydrogen-bond donors (Lipinski definition) is 0. The molecule has 2 aliphatic rings. The van der Waals surface area contributed by atoms with Gasteiger partial charge in [-0.2, -0.15) is 0 Å². The van der Waals surface area contributed by atoms with E-state index in [1.165, 1.54) is 11.1 Å². The van der Waals surface area contributed by atoms with Gasteiger partial charge in [0.05, 0.1) is 13.2 Å². The summed E-state index contributed by atoms with van der Waals surface area (Å²) in [5.74, 6) is 0.330. The highest BCUT2D eigenvalue weighted by molar-refractivity contribution is 6.02. The first kappa shape index (κ1) is 8.45. The third-order valence-electron chi connectivity index (χ3n) is 2.37. The fourth-order valence-electron chi connectivity index (χ4n) is 1.60. The van der Waals surface area contributed by atoms with Gasteiger partial charge in [0.15, 0.2) is 0 Å². The number of rotatable bonds is 0. The van der Waals surface area contributed by atoms with Crippen LogP contribution >= 0.6 is 0 Å². The van der Waals surface area contributed by atoms with Gasteiger partial charge in [0.25, 0.3) is 0 Å². The molecule has 0 saturated carbocycles. The third kappa shape index (κ3) is 1.95. The van der Waals surface area contributed by atoms with Crippen molar-refractivity contribution in [1.82, 2.24) is 0 Å². The van der Waals surface area contributed by atoms with E-state index in [9.17, 15) is 0 Å². The first-order valence-corrected chi connectivity index (χ1v) is 4.58. The average Bonchev–Trinajstić information content (AvgIpc) is 2.20. The molecule has 0 aromatic carbocycles. The molecule has 0 amide bonds. The molecular formula is C11H13O2+. The van der Waals surface area contributed by atoms with Crippen LogP contribution in [0, 0.1) is 0 Å². The summed E-state index contributed by atoms with van der Waals surface area (Å²) in [6, 6.07) is 0. The molecule has 1 saturated heterocycles. The monoisotopic (exact) mass is 177 g/mol. The summed E-state index contributed by atoms with van der Waals surface area (Å²) >= 11 is 0. The zero-order chi connectivity index (χ0) is 9.10. The standard InChI is InChI=1S/C11H12O2/c12-11-3-1-9(2-4-11)10-5-7-13-8-6-10/h1-4H,5-8H2/p+1. The highest BCUT2D eigenvalue weighted by Crippen LogP contribution is 2.21. The zero-order valence-electron chi connectivity index (χ0n) is 7.49. The Balaban J connectivity index is 2.18. The van der Waals surface area contributed by atoms with Crippen LogP contribution in [-0.2, 0) is 4.74 Å². The lowest BCUT2D eigenvalue weighted by atomic mass is 9.97. The van der Waals surface area contributed by atoms with Gasteiger partial charge in [0.2, 0.25) is 0 Å². The Bertz CT molecular complexity index is 282. The lowest BCUT2D eigenvalue weighted by Crippen LogP contribution is -2.09. The van der Waals surface area contributed by atoms with Crippen molar-refractivity contribution in [3.63, 3.8) is 0 Å². The molecule has 0 bridgehead atoms. The number of ketones is 1. The van der Waals surface area contributed by atoms with Crippen LogP contribution in [0.3, 0.4) is 0 Å². The molecule has 0 aromatic rings. The van der Waals surface area contributed by atoms with Crippen LogP contribution < -0.4 is 0 Å². The van der Waals surface area contributed by atoms with Crippen molar-refractivity contribution in [1.29, 1.82) is 0 Å². The molecule has 2 heteroatoms. The van der Waals surface area contributed by atoms with Gasteiger partial charge in [-0.15, -0.1) is 0 Å². The summed E-state index contributed by atoms with van der Waals surface area (Å²) in [6.07, 6.45) is 9.44. The molecule has 0 unspecified atom stereocenters. The fraction of sp³-hybridized carbons (Fsp3) is 0.364. The van der Waals surface area contributed by atoms with Gasteiger partial charge in [-0.25, -0.2) is 0 Å². The maximum absolute atomic E-state index is 9.12. The van der Waals surface area contributed by atoms with Crippen molar-refractivity contribution < 1.29 is 9.53 Å². The van der Waals surface area contributed by atoms with E-state index >= 15 is 0 Å². The Morgan fingerprint density at radius 3 is 2.23 bits per heavy atom. The summed E-state index contributed by atoms with van der Waals surface area (Å²) in [5, 5.41) is 0. The molecule has 1 heterocycles. The molecule has 0 aromatic heterocycles. The van der Waals surface area contributed by atoms with E-state index in [1.54, 1.807) is 12.2 Å². The van der Waals surface area contributed by atoms with Crippen LogP contribution in [0.25, 0.3) is 0 Å². The SMILES string of the molecule is [OH+]=C1C=CC(=C2CCOCC2)C=C1. The largest absolute Gasteiger partial charge is 0.381 e. The van der Waals surface area contributed by atoms with Gasteiger partial charge in [-0.3, -0.25) is 4.79 Å². The van der Waals surface area contributed by atoms with E-state index in [2.05, 4.69) is 0 Å². The molecule has 0 radical (unpaired) electrons. The van der Waals surface area contributed by atoms with E-state index in [0.29, 0.717) is 5.78 Å². The van der Waals surface area contributed by atoms with Crippen LogP contribution in [0.4, 0.5) is 0 Å². The molecule has 2 rings (SSSR count). The van der Waals surface area contributed by atoms with Gasteiger partial charge in [0.1, 0.15) is 0 Å². The number of carbonyl (C=O) groups excluding carboxylic acids is 1. The Morgan fingerprint density at radius 1 is 1.00 bits per heavy atom. The van der Waals surface area contributed by atoms with Gasteiger partial charge in [-0.05, 0) is 30.6 Å². The predicted octanol–water partition coefficient (Wildman–Crippen LogP) is 1.76. The van der Waals surface area contributed by atoms with E-state index in [-0.39, 0.29) is 0 Å². The maximum Gasteiger partial charge on any atom is 0.340 e. The van der Waals surface area contributed by atoms with Crippen molar-refractivity contribution in [2.45, 2.75) is 12.8 Å². The molecule has 2 nitrogen and oxygen atoms in total. The van der Waals surface area contributed by atoms with Gasteiger partial charge in [0, 0.05) is 12.2 Å². The van der Waals surface area contributed by atoms with Crippen molar-refractivity contribution in [3.05, 3.63) is 35.5 Å². The lowest BCUT2D eigenvalue weighted by molar-refractivity contribution is 0.119. The smallest absolute Gasteiger partial charge is 0.340 e. The Labute approximate surface area is 77.6 Å². The summed E-state index contributed by atoms with van der Waals surface area (Å²) in [6.45, 7) is 1.66. The van der Waals surface area contributed by atoms with Crippen LogP contribution in [0.1, 0.15) is 12.8 Å². The van der Waals surface area contributed by atoms with Crippen LogP contribution in [0.15, 0.2) is 35.5 Å². The second kappa shape index (κ2) is 3.71. The zero-order valence-corrected chi connectivity index (χ0v) is 7.49.